The number of nitrogens with two attached hydrogens (primary N) is 1. The van der Waals surface area contributed by atoms with Gasteiger partial charge in [0.05, 0.1) is 9.92 Å². The quantitative estimate of drug-likeness (QED) is 0.920. The van der Waals surface area contributed by atoms with Crippen LogP contribution in [0.5, 0.6) is 0 Å². The summed E-state index contributed by atoms with van der Waals surface area (Å²) in [6.07, 6.45) is 1.54. The van der Waals surface area contributed by atoms with Crippen molar-refractivity contribution in [3.05, 3.63) is 29.0 Å². The lowest BCUT2D eigenvalue weighted by Crippen LogP contribution is -2.39. The number of nitrogens with zero attached hydrogens (tertiary/aromatic N) is 1. The molecule has 1 saturated heterocycles. The summed E-state index contributed by atoms with van der Waals surface area (Å²) in [5, 5.41) is -0.195. The van der Waals surface area contributed by atoms with Gasteiger partial charge in [0.1, 0.15) is 5.82 Å². The fraction of sp³-hybridized carbons (Fsp3) is 0.455. The number of hydrogen-bond donors (Lipinski definition) is 1. The predicted octanol–water partition coefficient (Wildman–Crippen LogP) is 1.59. The van der Waals surface area contributed by atoms with Gasteiger partial charge in [-0.1, -0.05) is 11.6 Å². The van der Waals surface area contributed by atoms with E-state index in [0.717, 1.165) is 25.0 Å². The van der Waals surface area contributed by atoms with Gasteiger partial charge in [0.15, 0.2) is 0 Å². The van der Waals surface area contributed by atoms with E-state index in [1.54, 1.807) is 0 Å². The number of hydrogen-bond acceptors (Lipinski definition) is 3. The van der Waals surface area contributed by atoms with Gasteiger partial charge in [-0.15, -0.1) is 0 Å². The molecule has 100 valence electrons. The molecule has 4 nitrogen and oxygen atoms in total. The van der Waals surface area contributed by atoms with Crippen LogP contribution in [0.1, 0.15) is 12.8 Å². The second kappa shape index (κ2) is 5.13. The lowest BCUT2D eigenvalue weighted by molar-refractivity contribution is 0.393. The maximum atomic E-state index is 13.0. The van der Waals surface area contributed by atoms with Crippen molar-refractivity contribution in [2.75, 3.05) is 13.1 Å². The van der Waals surface area contributed by atoms with Gasteiger partial charge in [0, 0.05) is 19.1 Å². The highest BCUT2D eigenvalue weighted by Gasteiger charge is 2.34. The van der Waals surface area contributed by atoms with Crippen molar-refractivity contribution >= 4 is 21.6 Å². The summed E-state index contributed by atoms with van der Waals surface area (Å²) in [5.41, 5.74) is 5.56. The van der Waals surface area contributed by atoms with Gasteiger partial charge in [-0.25, -0.2) is 12.8 Å². The van der Waals surface area contributed by atoms with E-state index < -0.39 is 15.8 Å². The van der Waals surface area contributed by atoms with Crippen molar-refractivity contribution in [2.24, 2.45) is 5.73 Å². The van der Waals surface area contributed by atoms with Crippen molar-refractivity contribution in [1.29, 1.82) is 0 Å². The molecule has 1 aromatic carbocycles. The summed E-state index contributed by atoms with van der Waals surface area (Å²) in [4.78, 5) is 0.00856. The van der Waals surface area contributed by atoms with Crippen molar-refractivity contribution in [1.82, 2.24) is 4.31 Å². The van der Waals surface area contributed by atoms with Crippen LogP contribution in [-0.2, 0) is 10.0 Å². The van der Waals surface area contributed by atoms with Gasteiger partial charge in [0.25, 0.3) is 0 Å². The Morgan fingerprint density at radius 1 is 1.50 bits per heavy atom. The second-order valence-electron chi connectivity index (χ2n) is 4.22. The number of benzene rings is 1. The minimum Gasteiger partial charge on any atom is -0.329 e. The minimum atomic E-state index is -3.64. The van der Waals surface area contributed by atoms with Crippen LogP contribution in [-0.4, -0.2) is 31.9 Å². The average Bonchev–Trinajstić information content (AvgIpc) is 2.81. The highest BCUT2D eigenvalue weighted by atomic mass is 35.5. The fourth-order valence-corrected chi connectivity index (χ4v) is 4.11. The smallest absolute Gasteiger partial charge is 0.243 e. The normalized spacial score (nSPS) is 21.4. The van der Waals surface area contributed by atoms with E-state index in [-0.39, 0.29) is 22.5 Å². The molecule has 0 aliphatic carbocycles. The summed E-state index contributed by atoms with van der Waals surface area (Å²) in [7, 11) is -3.64. The van der Waals surface area contributed by atoms with E-state index >= 15 is 0 Å². The molecule has 1 aliphatic rings. The van der Waals surface area contributed by atoms with Crippen LogP contribution in [0.25, 0.3) is 0 Å². The Labute approximate surface area is 111 Å². The van der Waals surface area contributed by atoms with E-state index in [9.17, 15) is 12.8 Å². The molecule has 7 heteroatoms. The summed E-state index contributed by atoms with van der Waals surface area (Å²) in [5.74, 6) is -0.632. The molecule has 1 atom stereocenters. The molecule has 1 fully saturated rings. The van der Waals surface area contributed by atoms with Crippen LogP contribution in [0.4, 0.5) is 4.39 Å². The standard InChI is InChI=1S/C11H14ClFN2O2S/c12-10-6-9(3-4-11(10)13)18(16,17)15-5-1-2-8(15)7-14/h3-4,6,8H,1-2,5,7,14H2. The molecular formula is C11H14ClFN2O2S. The van der Waals surface area contributed by atoms with Crippen molar-refractivity contribution in [2.45, 2.75) is 23.8 Å². The molecular weight excluding hydrogens is 279 g/mol. The Balaban J connectivity index is 2.38. The average molecular weight is 293 g/mol. The summed E-state index contributed by atoms with van der Waals surface area (Å²) in [6, 6.07) is 3.24. The first kappa shape index (κ1) is 13.7. The van der Waals surface area contributed by atoms with E-state index in [4.69, 9.17) is 17.3 Å². The maximum Gasteiger partial charge on any atom is 0.243 e. The molecule has 2 rings (SSSR count). The van der Waals surface area contributed by atoms with E-state index in [1.807, 2.05) is 0 Å². The maximum absolute atomic E-state index is 13.0. The number of halogens is 2. The van der Waals surface area contributed by atoms with Crippen molar-refractivity contribution < 1.29 is 12.8 Å². The monoisotopic (exact) mass is 292 g/mol. The van der Waals surface area contributed by atoms with Crippen molar-refractivity contribution in [3.63, 3.8) is 0 Å². The van der Waals surface area contributed by atoms with Crippen LogP contribution >= 0.6 is 11.6 Å². The first-order valence-electron chi connectivity index (χ1n) is 5.64. The SMILES string of the molecule is NCC1CCCN1S(=O)(=O)c1ccc(F)c(Cl)c1. The van der Waals surface area contributed by atoms with E-state index in [1.165, 1.54) is 10.4 Å². The highest BCUT2D eigenvalue weighted by Crippen LogP contribution is 2.27. The lowest BCUT2D eigenvalue weighted by atomic mass is 10.2. The fourth-order valence-electron chi connectivity index (χ4n) is 2.13. The first-order valence-corrected chi connectivity index (χ1v) is 7.45. The molecule has 1 aliphatic heterocycles. The Bertz CT molecular complexity index is 550. The van der Waals surface area contributed by atoms with Crippen LogP contribution < -0.4 is 5.73 Å². The number of rotatable bonds is 3. The van der Waals surface area contributed by atoms with Gasteiger partial charge < -0.3 is 5.73 Å². The van der Waals surface area contributed by atoms with Gasteiger partial charge >= 0.3 is 0 Å². The van der Waals surface area contributed by atoms with Crippen molar-refractivity contribution in [3.8, 4) is 0 Å². The Kier molecular flexibility index (Phi) is 3.91. The summed E-state index contributed by atoms with van der Waals surface area (Å²) in [6.45, 7) is 0.730. The molecule has 1 aromatic rings. The van der Waals surface area contributed by atoms with Crippen LogP contribution in [0, 0.1) is 5.82 Å². The molecule has 0 bridgehead atoms. The second-order valence-corrected chi connectivity index (χ2v) is 6.52. The molecule has 0 amide bonds. The third-order valence-electron chi connectivity index (χ3n) is 3.09. The lowest BCUT2D eigenvalue weighted by Gasteiger charge is -2.22. The Morgan fingerprint density at radius 3 is 2.83 bits per heavy atom. The van der Waals surface area contributed by atoms with Crippen LogP contribution in [0.3, 0.4) is 0 Å². The van der Waals surface area contributed by atoms with Gasteiger partial charge in [-0.2, -0.15) is 4.31 Å². The Hall–Kier alpha value is -0.690. The van der Waals surface area contributed by atoms with Crippen LogP contribution in [0.15, 0.2) is 23.1 Å². The summed E-state index contributed by atoms with van der Waals surface area (Å²) >= 11 is 5.61. The minimum absolute atomic E-state index is 0.00856. The summed E-state index contributed by atoms with van der Waals surface area (Å²) < 4.78 is 39.1. The molecule has 18 heavy (non-hydrogen) atoms. The van der Waals surface area contributed by atoms with Gasteiger partial charge in [-0.3, -0.25) is 0 Å². The third kappa shape index (κ3) is 2.38. The van der Waals surface area contributed by atoms with E-state index in [0.29, 0.717) is 6.54 Å². The molecule has 0 spiro atoms. The topological polar surface area (TPSA) is 63.4 Å². The van der Waals surface area contributed by atoms with Crippen LogP contribution in [0.2, 0.25) is 5.02 Å². The zero-order valence-electron chi connectivity index (χ0n) is 9.64. The Morgan fingerprint density at radius 2 is 2.22 bits per heavy atom. The molecule has 0 radical (unpaired) electrons. The zero-order chi connectivity index (χ0) is 13.3. The van der Waals surface area contributed by atoms with E-state index in [2.05, 4.69) is 0 Å². The largest absolute Gasteiger partial charge is 0.329 e. The number of sulfonamides is 1. The molecule has 1 heterocycles. The zero-order valence-corrected chi connectivity index (χ0v) is 11.2. The molecule has 0 saturated carbocycles. The predicted molar refractivity (Wildman–Crippen MR) is 67.4 cm³/mol. The molecule has 2 N–H and O–H groups in total. The van der Waals surface area contributed by atoms with Gasteiger partial charge in [-0.05, 0) is 31.0 Å². The molecule has 1 unspecified atom stereocenters. The molecule has 0 aromatic heterocycles. The highest BCUT2D eigenvalue weighted by molar-refractivity contribution is 7.89. The van der Waals surface area contributed by atoms with Gasteiger partial charge in [0.2, 0.25) is 10.0 Å². The third-order valence-corrected chi connectivity index (χ3v) is 5.33. The first-order chi connectivity index (χ1) is 8.46.